The van der Waals surface area contributed by atoms with E-state index in [0.717, 1.165) is 11.3 Å². The fraction of sp³-hybridized carbons (Fsp3) is 0.105. The quantitative estimate of drug-likeness (QED) is 0.515. The number of sulfone groups is 1. The number of nitrogens with zero attached hydrogens (tertiary/aromatic N) is 3. The van der Waals surface area contributed by atoms with Gasteiger partial charge in [-0.3, -0.25) is 5.10 Å². The molecule has 4 rings (SSSR count). The Balaban J connectivity index is 1.59. The highest BCUT2D eigenvalue weighted by atomic mass is 32.2. The molecule has 28 heavy (non-hydrogen) atoms. The number of anilines is 1. The van der Waals surface area contributed by atoms with E-state index in [9.17, 15) is 8.42 Å². The molecule has 4 aromatic rings. The van der Waals surface area contributed by atoms with E-state index in [2.05, 4.69) is 25.5 Å². The second-order valence-corrected chi connectivity index (χ2v) is 8.15. The van der Waals surface area contributed by atoms with Gasteiger partial charge in [-0.2, -0.15) is 5.10 Å². The highest BCUT2D eigenvalue weighted by Crippen LogP contribution is 2.26. The first-order chi connectivity index (χ1) is 13.5. The van der Waals surface area contributed by atoms with Crippen LogP contribution in [0.3, 0.4) is 0 Å². The van der Waals surface area contributed by atoms with Crippen LogP contribution in [-0.4, -0.2) is 34.8 Å². The first-order valence-corrected chi connectivity index (χ1v) is 10.3. The molecule has 0 aliphatic carbocycles. The molecule has 2 N–H and O–H groups in total. The van der Waals surface area contributed by atoms with Crippen LogP contribution in [-0.2, 0) is 16.4 Å². The van der Waals surface area contributed by atoms with E-state index in [-0.39, 0.29) is 4.90 Å². The zero-order valence-electron chi connectivity index (χ0n) is 15.0. The van der Waals surface area contributed by atoms with Crippen LogP contribution in [0.4, 0.5) is 5.82 Å². The number of H-pyrrole nitrogens is 1. The van der Waals surface area contributed by atoms with E-state index >= 15 is 0 Å². The van der Waals surface area contributed by atoms with Crippen molar-refractivity contribution in [2.75, 3.05) is 11.6 Å². The van der Waals surface area contributed by atoms with Crippen LogP contribution >= 0.6 is 0 Å². The van der Waals surface area contributed by atoms with Crippen LogP contribution in [0.1, 0.15) is 5.76 Å². The highest BCUT2D eigenvalue weighted by molar-refractivity contribution is 7.90. The Labute approximate surface area is 161 Å². The zero-order chi connectivity index (χ0) is 19.6. The molecule has 0 amide bonds. The van der Waals surface area contributed by atoms with Crippen molar-refractivity contribution in [2.24, 2.45) is 0 Å². The van der Waals surface area contributed by atoms with Gasteiger partial charge in [0.2, 0.25) is 0 Å². The topological polar surface area (TPSA) is 114 Å². The Morgan fingerprint density at radius 3 is 2.64 bits per heavy atom. The molecule has 0 unspecified atom stereocenters. The summed E-state index contributed by atoms with van der Waals surface area (Å²) in [6, 6.07) is 13.9. The molecule has 0 aliphatic rings. The third-order valence-electron chi connectivity index (χ3n) is 4.10. The van der Waals surface area contributed by atoms with Gasteiger partial charge in [-0.25, -0.2) is 18.4 Å². The maximum absolute atomic E-state index is 11.6. The molecule has 0 saturated heterocycles. The molecule has 0 radical (unpaired) electrons. The highest BCUT2D eigenvalue weighted by Gasteiger charge is 2.13. The van der Waals surface area contributed by atoms with Gasteiger partial charge in [0.15, 0.2) is 21.5 Å². The number of furan rings is 1. The number of nitrogens with one attached hydrogen (secondary N) is 2. The van der Waals surface area contributed by atoms with E-state index in [0.29, 0.717) is 29.6 Å². The minimum absolute atomic E-state index is 0.253. The maximum atomic E-state index is 11.6. The van der Waals surface area contributed by atoms with Crippen LogP contribution in [0.15, 0.2) is 70.3 Å². The van der Waals surface area contributed by atoms with E-state index < -0.39 is 9.84 Å². The molecule has 0 spiro atoms. The van der Waals surface area contributed by atoms with Gasteiger partial charge in [0.05, 0.1) is 23.3 Å². The van der Waals surface area contributed by atoms with E-state index in [1.165, 1.54) is 6.26 Å². The fourth-order valence-corrected chi connectivity index (χ4v) is 3.31. The van der Waals surface area contributed by atoms with Crippen LogP contribution in [0.25, 0.3) is 22.8 Å². The second kappa shape index (κ2) is 7.28. The Morgan fingerprint density at radius 1 is 1.11 bits per heavy atom. The lowest BCUT2D eigenvalue weighted by molar-refractivity contribution is 0.518. The van der Waals surface area contributed by atoms with Crippen LogP contribution < -0.4 is 5.32 Å². The predicted octanol–water partition coefficient (Wildman–Crippen LogP) is 3.14. The third kappa shape index (κ3) is 3.79. The number of hydrogen-bond donors (Lipinski definition) is 2. The minimum Gasteiger partial charge on any atom is -0.467 e. The first-order valence-electron chi connectivity index (χ1n) is 8.45. The Bertz CT molecular complexity index is 1180. The molecule has 142 valence electrons. The molecule has 8 nitrogen and oxygen atoms in total. The minimum atomic E-state index is -3.24. The maximum Gasteiger partial charge on any atom is 0.181 e. The largest absolute Gasteiger partial charge is 0.467 e. The average molecular weight is 395 g/mol. The third-order valence-corrected chi connectivity index (χ3v) is 5.23. The Kier molecular flexibility index (Phi) is 4.66. The van der Waals surface area contributed by atoms with Gasteiger partial charge in [-0.1, -0.05) is 0 Å². The van der Waals surface area contributed by atoms with Gasteiger partial charge in [0.1, 0.15) is 11.6 Å². The molecule has 9 heteroatoms. The zero-order valence-corrected chi connectivity index (χ0v) is 15.8. The van der Waals surface area contributed by atoms with Gasteiger partial charge < -0.3 is 9.73 Å². The van der Waals surface area contributed by atoms with Crippen LogP contribution in [0, 0.1) is 0 Å². The van der Waals surface area contributed by atoms with Gasteiger partial charge >= 0.3 is 0 Å². The predicted molar refractivity (Wildman–Crippen MR) is 104 cm³/mol. The summed E-state index contributed by atoms with van der Waals surface area (Å²) in [5.74, 6) is 2.46. The van der Waals surface area contributed by atoms with Crippen molar-refractivity contribution < 1.29 is 12.8 Å². The summed E-state index contributed by atoms with van der Waals surface area (Å²) in [6.45, 7) is 0.491. The van der Waals surface area contributed by atoms with Gasteiger partial charge in [0.25, 0.3) is 0 Å². The number of aromatic nitrogens is 4. The van der Waals surface area contributed by atoms with Crippen molar-refractivity contribution in [3.63, 3.8) is 0 Å². The van der Waals surface area contributed by atoms with Crippen molar-refractivity contribution in [3.05, 3.63) is 66.8 Å². The number of benzene rings is 1. The number of hydrogen-bond acceptors (Lipinski definition) is 7. The standard InChI is InChI=1S/C19H17N5O3S/c1-28(25,26)15-8-6-13(7-9-15)17-22-19(24-23-17)16-5-2-10-20-18(16)21-12-14-4-3-11-27-14/h2-11H,12H2,1H3,(H,20,21)(H,22,23,24). The average Bonchev–Trinajstić information content (AvgIpc) is 3.38. The van der Waals surface area contributed by atoms with Crippen molar-refractivity contribution in [3.8, 4) is 22.8 Å². The summed E-state index contributed by atoms with van der Waals surface area (Å²) in [7, 11) is -3.24. The summed E-state index contributed by atoms with van der Waals surface area (Å²) < 4.78 is 28.5. The molecule has 1 aromatic carbocycles. The first kappa shape index (κ1) is 17.9. The molecule has 0 fully saturated rings. The smallest absolute Gasteiger partial charge is 0.181 e. The molecule has 0 saturated carbocycles. The van der Waals surface area contributed by atoms with E-state index in [1.54, 1.807) is 36.7 Å². The van der Waals surface area contributed by atoms with Crippen LogP contribution in [0.2, 0.25) is 0 Å². The monoisotopic (exact) mass is 395 g/mol. The fourth-order valence-electron chi connectivity index (χ4n) is 2.68. The number of aromatic amines is 1. The van der Waals surface area contributed by atoms with Gasteiger partial charge in [0, 0.05) is 18.0 Å². The lowest BCUT2D eigenvalue weighted by atomic mass is 10.2. The molecule has 0 aliphatic heterocycles. The van der Waals surface area contributed by atoms with Crippen LogP contribution in [0.5, 0.6) is 0 Å². The lowest BCUT2D eigenvalue weighted by Gasteiger charge is -2.07. The van der Waals surface area contributed by atoms with Crippen molar-refractivity contribution in [1.82, 2.24) is 20.2 Å². The van der Waals surface area contributed by atoms with E-state index in [4.69, 9.17) is 4.42 Å². The second-order valence-electron chi connectivity index (χ2n) is 6.14. The Morgan fingerprint density at radius 2 is 1.93 bits per heavy atom. The van der Waals surface area contributed by atoms with Crippen molar-refractivity contribution in [1.29, 1.82) is 0 Å². The number of rotatable bonds is 6. The summed E-state index contributed by atoms with van der Waals surface area (Å²) in [4.78, 5) is 9.15. The van der Waals surface area contributed by atoms with E-state index in [1.807, 2.05) is 24.3 Å². The summed E-state index contributed by atoms with van der Waals surface area (Å²) >= 11 is 0. The molecule has 3 aromatic heterocycles. The normalized spacial score (nSPS) is 11.5. The van der Waals surface area contributed by atoms with Gasteiger partial charge in [-0.15, -0.1) is 0 Å². The SMILES string of the molecule is CS(=O)(=O)c1ccc(-c2n[nH]c(-c3cccnc3NCc3ccco3)n2)cc1. The molecule has 3 heterocycles. The van der Waals surface area contributed by atoms with Crippen molar-refractivity contribution in [2.45, 2.75) is 11.4 Å². The molecule has 0 atom stereocenters. The summed E-state index contributed by atoms with van der Waals surface area (Å²) in [6.07, 6.45) is 4.48. The Hall–Kier alpha value is -3.46. The summed E-state index contributed by atoms with van der Waals surface area (Å²) in [5, 5.41) is 10.4. The molecular weight excluding hydrogens is 378 g/mol. The lowest BCUT2D eigenvalue weighted by Crippen LogP contribution is -2.02. The number of pyridine rings is 1. The van der Waals surface area contributed by atoms with Crippen molar-refractivity contribution >= 4 is 15.7 Å². The molecular formula is C19H17N5O3S. The molecule has 0 bridgehead atoms. The summed E-state index contributed by atoms with van der Waals surface area (Å²) in [5.41, 5.74) is 1.48. The van der Waals surface area contributed by atoms with Gasteiger partial charge in [-0.05, 0) is 48.5 Å².